The average molecular weight is 298 g/mol. The number of carboxylic acid groups (broad SMARTS) is 1. The first-order valence-corrected chi connectivity index (χ1v) is 7.94. The number of aliphatic hydroxyl groups is 1. The number of nitrogens with zero attached hydrogens (tertiary/aromatic N) is 1. The Morgan fingerprint density at radius 1 is 1.19 bits per heavy atom. The highest BCUT2D eigenvalue weighted by Gasteiger charge is 2.39. The van der Waals surface area contributed by atoms with Gasteiger partial charge in [-0.15, -0.1) is 0 Å². The fourth-order valence-electron chi connectivity index (χ4n) is 3.39. The van der Waals surface area contributed by atoms with Gasteiger partial charge in [-0.1, -0.05) is 25.7 Å². The normalized spacial score (nSPS) is 25.4. The summed E-state index contributed by atoms with van der Waals surface area (Å²) < 4.78 is 0. The molecule has 6 nitrogen and oxygen atoms in total. The van der Waals surface area contributed by atoms with Crippen molar-refractivity contribution in [2.45, 2.75) is 44.9 Å². The third-order valence-electron chi connectivity index (χ3n) is 4.92. The lowest BCUT2D eigenvalue weighted by atomic mass is 9.80. The number of hydrogen-bond donors (Lipinski definition) is 3. The molecular formula is C15H26N2O4. The molecule has 0 radical (unpaired) electrons. The minimum atomic E-state index is -0.803. The van der Waals surface area contributed by atoms with E-state index >= 15 is 0 Å². The Bertz CT molecular complexity index is 378. The molecule has 1 atom stereocenters. The molecule has 0 spiro atoms. The van der Waals surface area contributed by atoms with Gasteiger partial charge in [0.2, 0.25) is 0 Å². The number of aliphatic carboxylic acids is 1. The van der Waals surface area contributed by atoms with Gasteiger partial charge in [-0.25, -0.2) is 4.79 Å². The van der Waals surface area contributed by atoms with Gasteiger partial charge in [-0.2, -0.15) is 0 Å². The molecule has 2 amide bonds. The van der Waals surface area contributed by atoms with E-state index in [2.05, 4.69) is 5.32 Å². The van der Waals surface area contributed by atoms with E-state index in [1.165, 1.54) is 0 Å². The number of carbonyl (C=O) groups is 2. The van der Waals surface area contributed by atoms with Crippen molar-refractivity contribution in [3.63, 3.8) is 0 Å². The maximum Gasteiger partial charge on any atom is 0.317 e. The van der Waals surface area contributed by atoms with E-state index in [-0.39, 0.29) is 25.1 Å². The first-order valence-electron chi connectivity index (χ1n) is 7.94. The molecule has 1 aliphatic heterocycles. The van der Waals surface area contributed by atoms with Crippen LogP contribution in [0, 0.1) is 11.3 Å². The summed E-state index contributed by atoms with van der Waals surface area (Å²) in [6, 6.07) is -0.198. The Balaban J connectivity index is 1.89. The Morgan fingerprint density at radius 2 is 1.86 bits per heavy atom. The topological polar surface area (TPSA) is 89.9 Å². The summed E-state index contributed by atoms with van der Waals surface area (Å²) in [5.74, 6) is -0.638. The molecular weight excluding hydrogens is 272 g/mol. The minimum absolute atomic E-state index is 0.100. The molecule has 1 saturated carbocycles. The lowest BCUT2D eigenvalue weighted by molar-refractivity contribution is -0.149. The molecule has 1 aliphatic carbocycles. The van der Waals surface area contributed by atoms with Crippen molar-refractivity contribution in [1.82, 2.24) is 10.2 Å². The second-order valence-corrected chi connectivity index (χ2v) is 6.44. The van der Waals surface area contributed by atoms with Gasteiger partial charge >= 0.3 is 12.0 Å². The van der Waals surface area contributed by atoms with Crippen molar-refractivity contribution >= 4 is 12.0 Å². The fraction of sp³-hybridized carbons (Fsp3) is 0.867. The smallest absolute Gasteiger partial charge is 0.317 e. The molecule has 1 unspecified atom stereocenters. The molecule has 1 saturated heterocycles. The van der Waals surface area contributed by atoms with Gasteiger partial charge in [0.05, 0.1) is 5.41 Å². The van der Waals surface area contributed by atoms with E-state index in [9.17, 15) is 14.7 Å². The van der Waals surface area contributed by atoms with Gasteiger partial charge in [-0.3, -0.25) is 4.79 Å². The zero-order valence-electron chi connectivity index (χ0n) is 12.5. The quantitative estimate of drug-likeness (QED) is 0.685. The number of nitrogens with one attached hydrogen (secondary N) is 1. The van der Waals surface area contributed by atoms with Crippen LogP contribution >= 0.6 is 0 Å². The molecule has 1 heterocycles. The van der Waals surface area contributed by atoms with Crippen LogP contribution in [0.1, 0.15) is 44.9 Å². The number of hydrogen-bond acceptors (Lipinski definition) is 3. The van der Waals surface area contributed by atoms with Crippen LogP contribution in [0.3, 0.4) is 0 Å². The lowest BCUT2D eigenvalue weighted by Crippen LogP contribution is -2.47. The predicted molar refractivity (Wildman–Crippen MR) is 77.9 cm³/mol. The van der Waals surface area contributed by atoms with Gasteiger partial charge < -0.3 is 20.4 Å². The first-order chi connectivity index (χ1) is 10.1. The Kier molecular flexibility index (Phi) is 5.45. The van der Waals surface area contributed by atoms with E-state index in [0.29, 0.717) is 25.9 Å². The van der Waals surface area contributed by atoms with Crippen molar-refractivity contribution in [1.29, 1.82) is 0 Å². The van der Waals surface area contributed by atoms with Crippen molar-refractivity contribution in [3.05, 3.63) is 0 Å². The highest BCUT2D eigenvalue weighted by atomic mass is 16.4. The van der Waals surface area contributed by atoms with E-state index < -0.39 is 11.4 Å². The average Bonchev–Trinajstić information content (AvgIpc) is 2.83. The number of amides is 2. The Labute approximate surface area is 125 Å². The molecule has 6 heteroatoms. The van der Waals surface area contributed by atoms with Crippen molar-refractivity contribution < 1.29 is 19.8 Å². The fourth-order valence-corrected chi connectivity index (χ4v) is 3.39. The summed E-state index contributed by atoms with van der Waals surface area (Å²) in [6.45, 7) is 1.50. The first kappa shape index (κ1) is 16.1. The molecule has 21 heavy (non-hydrogen) atoms. The highest BCUT2D eigenvalue weighted by Crippen LogP contribution is 2.35. The third-order valence-corrected chi connectivity index (χ3v) is 4.92. The lowest BCUT2D eigenvalue weighted by Gasteiger charge is -2.29. The molecule has 2 aliphatic rings. The maximum atomic E-state index is 12.1. The second kappa shape index (κ2) is 7.11. The number of rotatable bonds is 4. The van der Waals surface area contributed by atoms with Gasteiger partial charge in [0, 0.05) is 32.2 Å². The predicted octanol–water partition coefficient (Wildman–Crippen LogP) is 1.44. The number of aliphatic hydroxyl groups excluding tert-OH is 1. The van der Waals surface area contributed by atoms with Crippen LogP contribution in [0.15, 0.2) is 0 Å². The molecule has 120 valence electrons. The van der Waals surface area contributed by atoms with E-state index in [1.807, 2.05) is 0 Å². The van der Waals surface area contributed by atoms with E-state index in [4.69, 9.17) is 5.11 Å². The number of carbonyl (C=O) groups excluding carboxylic acids is 1. The number of urea groups is 1. The van der Waals surface area contributed by atoms with Crippen LogP contribution in [0.5, 0.6) is 0 Å². The molecule has 0 aromatic heterocycles. The highest BCUT2D eigenvalue weighted by molar-refractivity contribution is 5.78. The van der Waals surface area contributed by atoms with Crippen molar-refractivity contribution in [2.24, 2.45) is 11.3 Å². The van der Waals surface area contributed by atoms with Crippen molar-refractivity contribution in [2.75, 3.05) is 26.2 Å². The van der Waals surface area contributed by atoms with E-state index in [1.54, 1.807) is 4.90 Å². The summed E-state index contributed by atoms with van der Waals surface area (Å²) in [7, 11) is 0. The monoisotopic (exact) mass is 298 g/mol. The second-order valence-electron chi connectivity index (χ2n) is 6.44. The number of carboxylic acids is 1. The maximum absolute atomic E-state index is 12.1. The summed E-state index contributed by atoms with van der Waals surface area (Å²) >= 11 is 0. The van der Waals surface area contributed by atoms with Crippen LogP contribution in [0.4, 0.5) is 4.79 Å². The van der Waals surface area contributed by atoms with Gasteiger partial charge in [0.25, 0.3) is 0 Å². The van der Waals surface area contributed by atoms with Crippen LogP contribution in [-0.2, 0) is 4.79 Å². The molecule has 2 fully saturated rings. The summed E-state index contributed by atoms with van der Waals surface area (Å²) in [4.78, 5) is 25.5. The van der Waals surface area contributed by atoms with Crippen LogP contribution < -0.4 is 5.32 Å². The standard InChI is InChI=1S/C15H26N2O4/c18-10-12-5-8-17(9-12)14(21)16-11-15(13(19)20)6-3-1-2-4-7-15/h12,18H,1-11H2,(H,16,21)(H,19,20). The number of likely N-dealkylation sites (tertiary alicyclic amines) is 1. The zero-order chi connectivity index (χ0) is 15.3. The van der Waals surface area contributed by atoms with Gasteiger partial charge in [-0.05, 0) is 19.3 Å². The van der Waals surface area contributed by atoms with Crippen LogP contribution in [0.2, 0.25) is 0 Å². The zero-order valence-corrected chi connectivity index (χ0v) is 12.5. The van der Waals surface area contributed by atoms with Gasteiger partial charge in [0.15, 0.2) is 0 Å². The largest absolute Gasteiger partial charge is 0.481 e. The Hall–Kier alpha value is -1.30. The minimum Gasteiger partial charge on any atom is -0.481 e. The SMILES string of the molecule is O=C(NCC1(C(=O)O)CCCCCC1)N1CCC(CO)C1. The summed E-state index contributed by atoms with van der Waals surface area (Å²) in [6.07, 6.45) is 6.08. The Morgan fingerprint density at radius 3 is 2.38 bits per heavy atom. The molecule has 3 N–H and O–H groups in total. The van der Waals surface area contributed by atoms with Crippen LogP contribution in [-0.4, -0.2) is 53.4 Å². The molecule has 2 rings (SSSR count). The van der Waals surface area contributed by atoms with E-state index in [0.717, 1.165) is 32.1 Å². The molecule has 0 bridgehead atoms. The third kappa shape index (κ3) is 3.87. The molecule has 0 aromatic carbocycles. The summed E-state index contributed by atoms with van der Waals surface area (Å²) in [5, 5.41) is 21.5. The van der Waals surface area contributed by atoms with Crippen LogP contribution in [0.25, 0.3) is 0 Å². The molecule has 0 aromatic rings. The van der Waals surface area contributed by atoms with Gasteiger partial charge in [0.1, 0.15) is 0 Å². The van der Waals surface area contributed by atoms with Crippen molar-refractivity contribution in [3.8, 4) is 0 Å². The summed E-state index contributed by atoms with van der Waals surface area (Å²) in [5.41, 5.74) is -0.803.